The van der Waals surface area contributed by atoms with Crippen LogP contribution >= 0.6 is 0 Å². The number of aryl methyl sites for hydroxylation is 1. The summed E-state index contributed by atoms with van der Waals surface area (Å²) in [6.45, 7) is 6.32. The molecule has 0 atom stereocenters. The fourth-order valence-electron chi connectivity index (χ4n) is 2.41. The van der Waals surface area contributed by atoms with Gasteiger partial charge in [-0.25, -0.2) is 9.67 Å². The molecular weight excluding hydrogens is 266 g/mol. The van der Waals surface area contributed by atoms with Crippen LogP contribution in [-0.2, 0) is 28.8 Å². The number of hydrogen-bond acceptors (Lipinski definition) is 4. The summed E-state index contributed by atoms with van der Waals surface area (Å²) in [6, 6.07) is 5.72. The smallest absolute Gasteiger partial charge is 0.310 e. The van der Waals surface area contributed by atoms with E-state index in [1.54, 1.807) is 6.20 Å². The van der Waals surface area contributed by atoms with Crippen molar-refractivity contribution < 1.29 is 9.53 Å². The molecule has 0 radical (unpaired) electrons. The van der Waals surface area contributed by atoms with E-state index in [-0.39, 0.29) is 12.4 Å². The number of pyridine rings is 1. The van der Waals surface area contributed by atoms with E-state index >= 15 is 0 Å². The Morgan fingerprint density at radius 3 is 2.62 bits per heavy atom. The van der Waals surface area contributed by atoms with Gasteiger partial charge in [0.1, 0.15) is 0 Å². The van der Waals surface area contributed by atoms with Crippen molar-refractivity contribution >= 4 is 5.97 Å². The first-order valence-corrected chi connectivity index (χ1v) is 7.37. The first-order chi connectivity index (χ1) is 10.2. The van der Waals surface area contributed by atoms with Crippen LogP contribution in [0.5, 0.6) is 0 Å². The van der Waals surface area contributed by atoms with E-state index < -0.39 is 0 Å². The molecule has 0 aromatic carbocycles. The van der Waals surface area contributed by atoms with Gasteiger partial charge in [0.25, 0.3) is 0 Å². The number of rotatable bonds is 6. The number of carbonyl (C=O) groups excluding carboxylic acids is 1. The highest BCUT2D eigenvalue weighted by Crippen LogP contribution is 2.20. The Labute approximate surface area is 125 Å². The van der Waals surface area contributed by atoms with Crippen molar-refractivity contribution in [1.82, 2.24) is 14.8 Å². The molecular formula is C16H21N3O2. The standard InChI is InChI=1S/C16H21N3O2/c1-4-13-12(11-16(20)21-6-3)14(5-2)19(18-13)15-9-7-8-10-17-15/h7-10H,4-6,11H2,1-3H3. The molecule has 0 saturated heterocycles. The van der Waals surface area contributed by atoms with Crippen molar-refractivity contribution in [2.45, 2.75) is 40.0 Å². The minimum absolute atomic E-state index is 0.206. The molecule has 5 heteroatoms. The maximum atomic E-state index is 11.8. The van der Waals surface area contributed by atoms with Gasteiger partial charge in [0.05, 0.1) is 18.7 Å². The van der Waals surface area contributed by atoms with Crippen LogP contribution in [0, 0.1) is 0 Å². The molecule has 2 heterocycles. The van der Waals surface area contributed by atoms with Crippen LogP contribution in [0.25, 0.3) is 5.82 Å². The molecule has 0 aliphatic heterocycles. The summed E-state index contributed by atoms with van der Waals surface area (Å²) in [7, 11) is 0. The maximum absolute atomic E-state index is 11.8. The lowest BCUT2D eigenvalue weighted by Crippen LogP contribution is -2.10. The third-order valence-electron chi connectivity index (χ3n) is 3.34. The zero-order valence-corrected chi connectivity index (χ0v) is 12.8. The molecule has 0 spiro atoms. The number of hydrogen-bond donors (Lipinski definition) is 0. The number of ether oxygens (including phenoxy) is 1. The highest BCUT2D eigenvalue weighted by molar-refractivity contribution is 5.73. The summed E-state index contributed by atoms with van der Waals surface area (Å²) < 4.78 is 6.91. The molecule has 0 fully saturated rings. The van der Waals surface area contributed by atoms with E-state index in [0.29, 0.717) is 6.61 Å². The van der Waals surface area contributed by atoms with Gasteiger partial charge in [-0.3, -0.25) is 4.79 Å². The van der Waals surface area contributed by atoms with Crippen molar-refractivity contribution in [3.63, 3.8) is 0 Å². The number of aromatic nitrogens is 3. The summed E-state index contributed by atoms with van der Waals surface area (Å²) >= 11 is 0. The fourth-order valence-corrected chi connectivity index (χ4v) is 2.41. The second-order valence-electron chi connectivity index (χ2n) is 4.66. The predicted molar refractivity (Wildman–Crippen MR) is 80.5 cm³/mol. The molecule has 0 aliphatic rings. The summed E-state index contributed by atoms with van der Waals surface area (Å²) in [4.78, 5) is 16.2. The summed E-state index contributed by atoms with van der Waals surface area (Å²) in [6.07, 6.45) is 3.58. The number of esters is 1. The summed E-state index contributed by atoms with van der Waals surface area (Å²) in [5.41, 5.74) is 2.94. The van der Waals surface area contributed by atoms with Gasteiger partial charge >= 0.3 is 5.97 Å². The van der Waals surface area contributed by atoms with E-state index in [4.69, 9.17) is 4.74 Å². The van der Waals surface area contributed by atoms with Gasteiger partial charge in [0.15, 0.2) is 5.82 Å². The van der Waals surface area contributed by atoms with Crippen molar-refractivity contribution in [2.24, 2.45) is 0 Å². The second kappa shape index (κ2) is 7.02. The van der Waals surface area contributed by atoms with Crippen LogP contribution in [0.1, 0.15) is 37.7 Å². The molecule has 0 bridgehead atoms. The van der Waals surface area contributed by atoms with Crippen LogP contribution in [0.3, 0.4) is 0 Å². The molecule has 2 aromatic rings. The predicted octanol–water partition coefficient (Wildman–Crippen LogP) is 2.50. The van der Waals surface area contributed by atoms with E-state index in [0.717, 1.165) is 35.6 Å². The molecule has 112 valence electrons. The zero-order chi connectivity index (χ0) is 15.2. The van der Waals surface area contributed by atoms with Crippen LogP contribution in [0.15, 0.2) is 24.4 Å². The van der Waals surface area contributed by atoms with Gasteiger partial charge in [0.2, 0.25) is 0 Å². The van der Waals surface area contributed by atoms with Crippen molar-refractivity contribution in [3.8, 4) is 5.82 Å². The number of carbonyl (C=O) groups is 1. The van der Waals surface area contributed by atoms with Gasteiger partial charge in [0, 0.05) is 17.5 Å². The van der Waals surface area contributed by atoms with Gasteiger partial charge in [-0.2, -0.15) is 5.10 Å². The van der Waals surface area contributed by atoms with Gasteiger partial charge < -0.3 is 4.74 Å². The molecule has 21 heavy (non-hydrogen) atoms. The molecule has 0 amide bonds. The van der Waals surface area contributed by atoms with E-state index in [1.165, 1.54) is 0 Å². The first kappa shape index (κ1) is 15.2. The Kier molecular flexibility index (Phi) is 5.09. The molecule has 5 nitrogen and oxygen atoms in total. The van der Waals surface area contributed by atoms with E-state index in [1.807, 2.05) is 36.7 Å². The van der Waals surface area contributed by atoms with Crippen LogP contribution < -0.4 is 0 Å². The SMILES string of the molecule is CCOC(=O)Cc1c(CC)nn(-c2ccccn2)c1CC. The van der Waals surface area contributed by atoms with Gasteiger partial charge in [-0.1, -0.05) is 19.9 Å². The third kappa shape index (κ3) is 3.29. The lowest BCUT2D eigenvalue weighted by Gasteiger charge is -2.07. The molecule has 0 unspecified atom stereocenters. The topological polar surface area (TPSA) is 57.0 Å². The van der Waals surface area contributed by atoms with Crippen molar-refractivity contribution in [1.29, 1.82) is 0 Å². The third-order valence-corrected chi connectivity index (χ3v) is 3.34. The minimum atomic E-state index is -0.206. The normalized spacial score (nSPS) is 10.6. The maximum Gasteiger partial charge on any atom is 0.310 e. The Morgan fingerprint density at radius 2 is 2.05 bits per heavy atom. The first-order valence-electron chi connectivity index (χ1n) is 7.37. The summed E-state index contributed by atoms with van der Waals surface area (Å²) in [5, 5.41) is 4.63. The highest BCUT2D eigenvalue weighted by Gasteiger charge is 2.19. The molecule has 0 saturated carbocycles. The monoisotopic (exact) mass is 287 g/mol. The Hall–Kier alpha value is -2.17. The second-order valence-corrected chi connectivity index (χ2v) is 4.66. The average Bonchev–Trinajstić information content (AvgIpc) is 2.86. The van der Waals surface area contributed by atoms with Gasteiger partial charge in [-0.15, -0.1) is 0 Å². The zero-order valence-electron chi connectivity index (χ0n) is 12.8. The van der Waals surface area contributed by atoms with Crippen LogP contribution in [-0.4, -0.2) is 27.3 Å². The highest BCUT2D eigenvalue weighted by atomic mass is 16.5. The lowest BCUT2D eigenvalue weighted by molar-refractivity contribution is -0.142. The quantitative estimate of drug-likeness (QED) is 0.766. The van der Waals surface area contributed by atoms with Crippen molar-refractivity contribution in [2.75, 3.05) is 6.61 Å². The van der Waals surface area contributed by atoms with E-state index in [9.17, 15) is 4.79 Å². The van der Waals surface area contributed by atoms with Crippen LogP contribution in [0.2, 0.25) is 0 Å². The Balaban J connectivity index is 2.44. The van der Waals surface area contributed by atoms with Crippen LogP contribution in [0.4, 0.5) is 0 Å². The van der Waals surface area contributed by atoms with E-state index in [2.05, 4.69) is 17.0 Å². The average molecular weight is 287 g/mol. The molecule has 0 aliphatic carbocycles. The fraction of sp³-hybridized carbons (Fsp3) is 0.438. The molecule has 2 aromatic heterocycles. The van der Waals surface area contributed by atoms with Crippen molar-refractivity contribution in [3.05, 3.63) is 41.3 Å². The molecule has 0 N–H and O–H groups in total. The number of nitrogens with zero attached hydrogens (tertiary/aromatic N) is 3. The molecule has 2 rings (SSSR count). The largest absolute Gasteiger partial charge is 0.466 e. The lowest BCUT2D eigenvalue weighted by atomic mass is 10.1. The van der Waals surface area contributed by atoms with Gasteiger partial charge in [-0.05, 0) is 31.9 Å². The minimum Gasteiger partial charge on any atom is -0.466 e. The Bertz CT molecular complexity index is 605. The Morgan fingerprint density at radius 1 is 1.24 bits per heavy atom. The summed E-state index contributed by atoms with van der Waals surface area (Å²) in [5.74, 6) is 0.571.